The molecule has 0 spiro atoms. The van der Waals surface area contributed by atoms with Gasteiger partial charge in [0, 0.05) is 50.1 Å². The van der Waals surface area contributed by atoms with Gasteiger partial charge >= 0.3 is 0 Å². The molecule has 0 aliphatic heterocycles. The van der Waals surface area contributed by atoms with Gasteiger partial charge in [-0.25, -0.2) is 0 Å². The molecule has 14 nitrogen and oxygen atoms in total. The quantitative estimate of drug-likeness (QED) is 0.104. The van der Waals surface area contributed by atoms with Gasteiger partial charge in [-0.05, 0) is 101 Å². The maximum absolute atomic E-state index is 11.8. The summed E-state index contributed by atoms with van der Waals surface area (Å²) >= 11 is 6.22. The zero-order valence-electron chi connectivity index (χ0n) is 40.6. The van der Waals surface area contributed by atoms with Gasteiger partial charge in [0.2, 0.25) is 0 Å². The Morgan fingerprint density at radius 1 is 0.440 bits per heavy atom. The lowest BCUT2D eigenvalue weighted by Gasteiger charge is -2.02. The van der Waals surface area contributed by atoms with E-state index < -0.39 is 17.7 Å². The van der Waals surface area contributed by atoms with Gasteiger partial charge in [0.15, 0.2) is 17.1 Å². The van der Waals surface area contributed by atoms with Crippen molar-refractivity contribution in [3.63, 3.8) is 0 Å². The Kier molecular flexibility index (Phi) is 14.6. The fraction of sp³-hybridized carbons (Fsp3) is 0.105. The van der Waals surface area contributed by atoms with Crippen molar-refractivity contribution in [1.82, 2.24) is 30.6 Å². The first-order chi connectivity index (χ1) is 36.3. The molecule has 18 heteroatoms. The zero-order chi connectivity index (χ0) is 52.2. The molecule has 6 N–H and O–H groups in total. The van der Waals surface area contributed by atoms with Crippen LogP contribution in [0.25, 0.3) is 61.6 Å². The van der Waals surface area contributed by atoms with Crippen molar-refractivity contribution >= 4 is 93.3 Å². The summed E-state index contributed by atoms with van der Waals surface area (Å²) in [6.45, 7) is 6.17. The van der Waals surface area contributed by atoms with Crippen molar-refractivity contribution in [2.45, 2.75) is 40.0 Å². The minimum atomic E-state index is -0.565. The third-order valence-corrected chi connectivity index (χ3v) is 16.5. The predicted molar refractivity (Wildman–Crippen MR) is 298 cm³/mol. The van der Waals surface area contributed by atoms with Crippen molar-refractivity contribution in [1.29, 1.82) is 0 Å². The average molecular weight is 1060 g/mol. The van der Waals surface area contributed by atoms with Crippen molar-refractivity contribution in [2.75, 3.05) is 0 Å². The Balaban J connectivity index is 0.000000128. The number of carbonyl (C=O) groups is 3. The second-order valence-electron chi connectivity index (χ2n) is 17.7. The first kappa shape index (κ1) is 50.0. The number of fused-ring (bicyclic) bond motifs is 3. The number of aryl methyl sites for hydroxylation is 3. The Labute approximate surface area is 445 Å². The summed E-state index contributed by atoms with van der Waals surface area (Å²) in [6.07, 6.45) is 8.49. The first-order valence-corrected chi connectivity index (χ1v) is 26.8. The molecule has 12 aromatic rings. The van der Waals surface area contributed by atoms with Crippen LogP contribution in [0.1, 0.15) is 81.9 Å². The molecule has 372 valence electrons. The Bertz CT molecular complexity index is 3560. The highest BCUT2D eigenvalue weighted by Crippen LogP contribution is 2.39. The van der Waals surface area contributed by atoms with Crippen LogP contribution in [0.15, 0.2) is 154 Å². The maximum atomic E-state index is 11.8. The van der Waals surface area contributed by atoms with E-state index in [0.717, 1.165) is 89.8 Å². The molecule has 9 heterocycles. The molecular weight excluding hydrogens is 1020 g/mol. The molecule has 9 aromatic heterocycles. The Morgan fingerprint density at radius 3 is 1.05 bits per heavy atom. The number of nitrogens with two attached hydrogens (primary N) is 3. The molecule has 0 unspecified atom stereocenters. The van der Waals surface area contributed by atoms with Gasteiger partial charge < -0.3 is 26.0 Å². The lowest BCUT2D eigenvalue weighted by Crippen LogP contribution is -2.14. The fourth-order valence-corrected chi connectivity index (χ4v) is 12.4. The highest BCUT2D eigenvalue weighted by Gasteiger charge is 2.21. The van der Waals surface area contributed by atoms with Gasteiger partial charge in [0.1, 0.15) is 0 Å². The van der Waals surface area contributed by atoms with E-state index in [1.165, 1.54) is 56.3 Å². The molecule has 0 radical (unpaired) electrons. The standard InChI is InChI=1S/2C19H15N3O2S.C19H15N3OS2/c3*1-11-2-4-13(5-3-11)16-9-14-15(8-12-6-7-24-10-12)21-22-17(19(20)23)18(14)25-16/h3*2-7,9-10H,8H2,1H3,(H2,20,23). The molecule has 0 atom stereocenters. The molecule has 0 saturated heterocycles. The van der Waals surface area contributed by atoms with Gasteiger partial charge in [-0.15, -0.1) is 49.3 Å². The topological polar surface area (TPSA) is 233 Å². The number of amides is 3. The molecule has 3 amide bonds. The lowest BCUT2D eigenvalue weighted by atomic mass is 10.1. The molecule has 0 bridgehead atoms. The zero-order valence-corrected chi connectivity index (χ0v) is 43.8. The number of thiophene rings is 4. The number of carbonyl (C=O) groups excluding carboxylic acids is 3. The first-order valence-electron chi connectivity index (χ1n) is 23.4. The van der Waals surface area contributed by atoms with Crippen molar-refractivity contribution < 1.29 is 23.2 Å². The summed E-state index contributed by atoms with van der Waals surface area (Å²) in [5.41, 5.74) is 29.7. The van der Waals surface area contributed by atoms with E-state index in [0.29, 0.717) is 19.3 Å². The number of rotatable bonds is 12. The largest absolute Gasteiger partial charge is 0.472 e. The SMILES string of the molecule is Cc1ccc(-c2cc3c(Cc4ccoc4)nnc(C(N)=O)c3s2)cc1.Cc1ccc(-c2cc3c(Cc4ccoc4)nnc(C(N)=O)c3s2)cc1.Cc1ccc(-c2cc3c(Cc4ccsc4)nnc(C(N)=O)c3s2)cc1. The van der Waals surface area contributed by atoms with Crippen LogP contribution >= 0.6 is 45.3 Å². The smallest absolute Gasteiger partial charge is 0.270 e. The number of hydrogen-bond acceptors (Lipinski definition) is 15. The third kappa shape index (κ3) is 11.2. The molecule has 75 heavy (non-hydrogen) atoms. The van der Waals surface area contributed by atoms with Crippen molar-refractivity contribution in [2.24, 2.45) is 17.2 Å². The summed E-state index contributed by atoms with van der Waals surface area (Å²) in [5, 5.41) is 31.9. The van der Waals surface area contributed by atoms with Crippen LogP contribution in [-0.4, -0.2) is 48.3 Å². The van der Waals surface area contributed by atoms with Crippen molar-refractivity contribution in [3.05, 3.63) is 213 Å². The lowest BCUT2D eigenvalue weighted by molar-refractivity contribution is 0.0988. The summed E-state index contributed by atoms with van der Waals surface area (Å²) in [4.78, 5) is 38.4. The number of benzene rings is 3. The maximum Gasteiger partial charge on any atom is 0.270 e. The van der Waals surface area contributed by atoms with Crippen LogP contribution in [-0.2, 0) is 19.3 Å². The number of nitrogens with zero attached hydrogens (tertiary/aromatic N) is 6. The Morgan fingerprint density at radius 2 is 0.773 bits per heavy atom. The number of furan rings is 2. The summed E-state index contributed by atoms with van der Waals surface area (Å²) in [6, 6.07) is 36.9. The van der Waals surface area contributed by atoms with Crippen LogP contribution in [0, 0.1) is 20.8 Å². The summed E-state index contributed by atoms with van der Waals surface area (Å²) in [7, 11) is 0. The van der Waals surface area contributed by atoms with Gasteiger partial charge in [-0.2, -0.15) is 26.6 Å². The number of hydrogen-bond donors (Lipinski definition) is 3. The van der Waals surface area contributed by atoms with E-state index in [-0.39, 0.29) is 17.1 Å². The van der Waals surface area contributed by atoms with Crippen LogP contribution in [0.2, 0.25) is 0 Å². The predicted octanol–water partition coefficient (Wildman–Crippen LogP) is 12.3. The Hall–Kier alpha value is -8.55. The molecule has 0 saturated carbocycles. The molecule has 0 aliphatic carbocycles. The van der Waals surface area contributed by atoms with Crippen LogP contribution < -0.4 is 17.2 Å². The second-order valence-corrected chi connectivity index (χ2v) is 21.6. The summed E-state index contributed by atoms with van der Waals surface area (Å²) < 4.78 is 12.6. The molecule has 3 aromatic carbocycles. The fourth-order valence-electron chi connectivity index (χ4n) is 8.19. The van der Waals surface area contributed by atoms with Crippen LogP contribution in [0.4, 0.5) is 0 Å². The average Bonchev–Trinajstić information content (AvgIpc) is 4.27. The number of aromatic nitrogens is 6. The highest BCUT2D eigenvalue weighted by atomic mass is 32.1. The van der Waals surface area contributed by atoms with Crippen LogP contribution in [0.5, 0.6) is 0 Å². The number of primary amides is 3. The molecule has 0 aliphatic rings. The van der Waals surface area contributed by atoms with E-state index >= 15 is 0 Å². The van der Waals surface area contributed by atoms with Gasteiger partial charge in [-0.1, -0.05) is 89.5 Å². The summed E-state index contributed by atoms with van der Waals surface area (Å²) in [5.74, 6) is -1.67. The molecule has 0 fully saturated rings. The van der Waals surface area contributed by atoms with E-state index in [4.69, 9.17) is 26.0 Å². The third-order valence-electron chi connectivity index (χ3n) is 12.1. The van der Waals surface area contributed by atoms with E-state index in [1.807, 2.05) is 17.5 Å². The van der Waals surface area contributed by atoms with E-state index in [9.17, 15) is 14.4 Å². The van der Waals surface area contributed by atoms with Gasteiger partial charge in [0.05, 0.1) is 56.2 Å². The molecular formula is C57H45N9O5S4. The normalized spacial score (nSPS) is 11.1. The van der Waals surface area contributed by atoms with Gasteiger partial charge in [0.25, 0.3) is 17.7 Å². The van der Waals surface area contributed by atoms with Gasteiger partial charge in [-0.3, -0.25) is 14.4 Å². The van der Waals surface area contributed by atoms with Crippen molar-refractivity contribution in [3.8, 4) is 31.3 Å². The minimum Gasteiger partial charge on any atom is -0.472 e. The van der Waals surface area contributed by atoms with Crippen LogP contribution in [0.3, 0.4) is 0 Å². The minimum absolute atomic E-state index is 0.217. The monoisotopic (exact) mass is 1060 g/mol. The molecule has 12 rings (SSSR count). The van der Waals surface area contributed by atoms with E-state index in [1.54, 1.807) is 36.4 Å². The van der Waals surface area contributed by atoms with E-state index in [2.05, 4.69) is 154 Å². The second kappa shape index (κ2) is 21.9. The highest BCUT2D eigenvalue weighted by molar-refractivity contribution is 7.23.